The standard InChI is InChI=1S/C21H26N2O3S/c1-16-8-9-19(14-17(16)2)22-21(24)20(15-18-6-4-3-5-7-18)23-10-12-27(25,26)13-11-23/h3-9,14,20H,10-13,15H2,1-2H3,(H,22,24). The number of anilines is 1. The lowest BCUT2D eigenvalue weighted by atomic mass is 10.0. The predicted molar refractivity (Wildman–Crippen MR) is 109 cm³/mol. The Morgan fingerprint density at radius 3 is 2.33 bits per heavy atom. The highest BCUT2D eigenvalue weighted by Gasteiger charge is 2.31. The van der Waals surface area contributed by atoms with Gasteiger partial charge >= 0.3 is 0 Å². The normalized spacial score (nSPS) is 18.0. The average molecular weight is 387 g/mol. The number of carbonyl (C=O) groups is 1. The van der Waals surface area contributed by atoms with Crippen LogP contribution in [-0.4, -0.2) is 49.9 Å². The Morgan fingerprint density at radius 1 is 1.04 bits per heavy atom. The second-order valence-corrected chi connectivity index (χ2v) is 9.49. The number of amides is 1. The highest BCUT2D eigenvalue weighted by atomic mass is 32.2. The molecule has 1 unspecified atom stereocenters. The van der Waals surface area contributed by atoms with Crippen molar-refractivity contribution in [1.29, 1.82) is 0 Å². The van der Waals surface area contributed by atoms with Gasteiger partial charge < -0.3 is 5.32 Å². The van der Waals surface area contributed by atoms with E-state index in [0.717, 1.165) is 16.8 Å². The number of benzene rings is 2. The maximum Gasteiger partial charge on any atom is 0.242 e. The molecule has 0 saturated carbocycles. The van der Waals surface area contributed by atoms with E-state index in [2.05, 4.69) is 5.32 Å². The lowest BCUT2D eigenvalue weighted by Crippen LogP contribution is -2.51. The van der Waals surface area contributed by atoms with Gasteiger partial charge in [-0.05, 0) is 49.1 Å². The fourth-order valence-corrected chi connectivity index (χ4v) is 4.54. The Morgan fingerprint density at radius 2 is 1.70 bits per heavy atom. The average Bonchev–Trinajstić information content (AvgIpc) is 2.64. The van der Waals surface area contributed by atoms with Crippen molar-refractivity contribution in [3.63, 3.8) is 0 Å². The van der Waals surface area contributed by atoms with Crippen LogP contribution in [0.5, 0.6) is 0 Å². The topological polar surface area (TPSA) is 66.5 Å². The monoisotopic (exact) mass is 386 g/mol. The van der Waals surface area contributed by atoms with Crippen LogP contribution in [0.15, 0.2) is 48.5 Å². The largest absolute Gasteiger partial charge is 0.325 e. The number of aryl methyl sites for hydroxylation is 2. The molecule has 1 amide bonds. The molecule has 144 valence electrons. The molecule has 1 aliphatic rings. The van der Waals surface area contributed by atoms with Gasteiger partial charge in [-0.25, -0.2) is 8.42 Å². The molecule has 1 aliphatic heterocycles. The zero-order chi connectivity index (χ0) is 19.4. The second-order valence-electron chi connectivity index (χ2n) is 7.18. The lowest BCUT2D eigenvalue weighted by Gasteiger charge is -2.33. The molecule has 2 aromatic rings. The lowest BCUT2D eigenvalue weighted by molar-refractivity contribution is -0.121. The first kappa shape index (κ1) is 19.6. The fourth-order valence-electron chi connectivity index (χ4n) is 3.31. The van der Waals surface area contributed by atoms with E-state index in [1.165, 1.54) is 5.56 Å². The van der Waals surface area contributed by atoms with Crippen molar-refractivity contribution < 1.29 is 13.2 Å². The minimum Gasteiger partial charge on any atom is -0.325 e. The third-order valence-electron chi connectivity index (χ3n) is 5.17. The number of hydrogen-bond acceptors (Lipinski definition) is 4. The Balaban J connectivity index is 1.79. The summed E-state index contributed by atoms with van der Waals surface area (Å²) >= 11 is 0. The summed E-state index contributed by atoms with van der Waals surface area (Å²) in [6.45, 7) is 4.83. The number of nitrogens with one attached hydrogen (secondary N) is 1. The van der Waals surface area contributed by atoms with Crippen LogP contribution in [0.4, 0.5) is 5.69 Å². The van der Waals surface area contributed by atoms with E-state index in [4.69, 9.17) is 0 Å². The molecule has 5 nitrogen and oxygen atoms in total. The molecule has 1 heterocycles. The molecule has 1 atom stereocenters. The minimum absolute atomic E-state index is 0.0959. The van der Waals surface area contributed by atoms with Crippen molar-refractivity contribution in [2.75, 3.05) is 29.9 Å². The van der Waals surface area contributed by atoms with Crippen molar-refractivity contribution in [3.8, 4) is 0 Å². The molecule has 0 aromatic heterocycles. The van der Waals surface area contributed by atoms with E-state index in [9.17, 15) is 13.2 Å². The first-order valence-electron chi connectivity index (χ1n) is 9.20. The van der Waals surface area contributed by atoms with Crippen molar-refractivity contribution in [3.05, 3.63) is 65.2 Å². The van der Waals surface area contributed by atoms with E-state index in [1.54, 1.807) is 0 Å². The van der Waals surface area contributed by atoms with Crippen LogP contribution < -0.4 is 5.32 Å². The van der Waals surface area contributed by atoms with Gasteiger partial charge in [-0.15, -0.1) is 0 Å². The zero-order valence-corrected chi connectivity index (χ0v) is 16.6. The van der Waals surface area contributed by atoms with Gasteiger partial charge in [0.05, 0.1) is 17.5 Å². The van der Waals surface area contributed by atoms with Gasteiger partial charge in [0.15, 0.2) is 9.84 Å². The van der Waals surface area contributed by atoms with Crippen LogP contribution in [0.2, 0.25) is 0 Å². The summed E-state index contributed by atoms with van der Waals surface area (Å²) in [6, 6.07) is 15.3. The molecule has 0 spiro atoms. The summed E-state index contributed by atoms with van der Waals surface area (Å²) in [5.74, 6) is 0.117. The Hall–Kier alpha value is -2.18. The third kappa shape index (κ3) is 5.17. The van der Waals surface area contributed by atoms with Gasteiger partial charge in [-0.2, -0.15) is 0 Å². The molecule has 6 heteroatoms. The number of sulfone groups is 1. The summed E-state index contributed by atoms with van der Waals surface area (Å²) in [5.41, 5.74) is 4.13. The van der Waals surface area contributed by atoms with Crippen LogP contribution in [0.1, 0.15) is 16.7 Å². The predicted octanol–water partition coefficient (Wildman–Crippen LogP) is 2.58. The van der Waals surface area contributed by atoms with E-state index in [-0.39, 0.29) is 17.4 Å². The van der Waals surface area contributed by atoms with E-state index >= 15 is 0 Å². The number of carbonyl (C=O) groups excluding carboxylic acids is 1. The van der Waals surface area contributed by atoms with Gasteiger partial charge in [0, 0.05) is 18.8 Å². The summed E-state index contributed by atoms with van der Waals surface area (Å²) in [5, 5.41) is 3.02. The molecule has 27 heavy (non-hydrogen) atoms. The number of hydrogen-bond donors (Lipinski definition) is 1. The molecule has 2 aromatic carbocycles. The fraction of sp³-hybridized carbons (Fsp3) is 0.381. The molecule has 0 bridgehead atoms. The smallest absolute Gasteiger partial charge is 0.242 e. The summed E-state index contributed by atoms with van der Waals surface area (Å²) in [7, 11) is -2.99. The summed E-state index contributed by atoms with van der Waals surface area (Å²) in [6.07, 6.45) is 0.553. The highest BCUT2D eigenvalue weighted by molar-refractivity contribution is 7.91. The first-order valence-corrected chi connectivity index (χ1v) is 11.0. The van der Waals surface area contributed by atoms with Gasteiger partial charge in [-0.3, -0.25) is 9.69 Å². The zero-order valence-electron chi connectivity index (χ0n) is 15.8. The van der Waals surface area contributed by atoms with Crippen LogP contribution >= 0.6 is 0 Å². The highest BCUT2D eigenvalue weighted by Crippen LogP contribution is 2.18. The molecule has 1 saturated heterocycles. The van der Waals surface area contributed by atoms with Gasteiger partial charge in [0.2, 0.25) is 5.91 Å². The molecular formula is C21H26N2O3S. The summed E-state index contributed by atoms with van der Waals surface area (Å²) < 4.78 is 23.6. The molecular weight excluding hydrogens is 360 g/mol. The van der Waals surface area contributed by atoms with Crippen molar-refractivity contribution in [2.45, 2.75) is 26.3 Å². The van der Waals surface area contributed by atoms with Crippen molar-refractivity contribution in [2.24, 2.45) is 0 Å². The Kier molecular flexibility index (Phi) is 5.97. The molecule has 1 N–H and O–H groups in total. The van der Waals surface area contributed by atoms with Crippen LogP contribution in [0.3, 0.4) is 0 Å². The van der Waals surface area contributed by atoms with Crippen LogP contribution in [0, 0.1) is 13.8 Å². The maximum atomic E-state index is 13.1. The SMILES string of the molecule is Cc1ccc(NC(=O)C(Cc2ccccc2)N2CCS(=O)(=O)CC2)cc1C. The van der Waals surface area contributed by atoms with Gasteiger partial charge in [0.1, 0.15) is 0 Å². The number of nitrogens with zero attached hydrogens (tertiary/aromatic N) is 1. The Bertz CT molecular complexity index is 896. The second kappa shape index (κ2) is 8.23. The quantitative estimate of drug-likeness (QED) is 0.858. The number of rotatable bonds is 5. The van der Waals surface area contributed by atoms with E-state index < -0.39 is 15.9 Å². The summed E-state index contributed by atoms with van der Waals surface area (Å²) in [4.78, 5) is 15.1. The molecule has 0 aliphatic carbocycles. The van der Waals surface area contributed by atoms with E-state index in [0.29, 0.717) is 19.5 Å². The van der Waals surface area contributed by atoms with E-state index in [1.807, 2.05) is 67.3 Å². The first-order chi connectivity index (χ1) is 12.8. The van der Waals surface area contributed by atoms with Gasteiger partial charge in [-0.1, -0.05) is 36.4 Å². The van der Waals surface area contributed by atoms with Crippen molar-refractivity contribution >= 4 is 21.4 Å². The Labute approximate surface area is 161 Å². The van der Waals surface area contributed by atoms with Gasteiger partial charge in [0.25, 0.3) is 0 Å². The molecule has 0 radical (unpaired) electrons. The maximum absolute atomic E-state index is 13.1. The van der Waals surface area contributed by atoms with Crippen LogP contribution in [0.25, 0.3) is 0 Å². The molecule has 1 fully saturated rings. The third-order valence-corrected chi connectivity index (χ3v) is 6.78. The molecule has 3 rings (SSSR count). The minimum atomic E-state index is -2.99. The van der Waals surface area contributed by atoms with Crippen molar-refractivity contribution in [1.82, 2.24) is 4.90 Å². The van der Waals surface area contributed by atoms with Crippen LogP contribution in [-0.2, 0) is 21.1 Å².